The number of phenolic OH excluding ortho intramolecular Hbond substituents is 1. The minimum absolute atomic E-state index is 0.0892. The molecule has 0 radical (unpaired) electrons. The van der Waals surface area contributed by atoms with Crippen molar-refractivity contribution >= 4 is 29.3 Å². The van der Waals surface area contributed by atoms with Crippen LogP contribution < -0.4 is 10.2 Å². The topological polar surface area (TPSA) is 116 Å². The molecule has 2 heterocycles. The zero-order valence-corrected chi connectivity index (χ0v) is 30.3. The lowest BCUT2D eigenvalue weighted by Crippen LogP contribution is -2.53. The van der Waals surface area contributed by atoms with Crippen molar-refractivity contribution in [3.63, 3.8) is 0 Å². The lowest BCUT2D eigenvalue weighted by Gasteiger charge is -2.50. The number of hydrogen-bond donors (Lipinski definition) is 2. The Kier molecular flexibility index (Phi) is 8.28. The minimum Gasteiger partial charge on any atom is -0.508 e. The van der Waals surface area contributed by atoms with E-state index in [9.17, 15) is 19.5 Å². The number of likely N-dealkylation sites (tertiary alicyclic amines) is 1. The number of nitrogens with zero attached hydrogens (tertiary/aromatic N) is 2. The Bertz CT molecular complexity index is 2140. The van der Waals surface area contributed by atoms with Crippen LogP contribution in [0.4, 0.5) is 5.69 Å². The molecule has 0 bridgehead atoms. The van der Waals surface area contributed by atoms with Crippen molar-refractivity contribution < 1.29 is 29.0 Å². The largest absolute Gasteiger partial charge is 0.508 e. The molecule has 270 valence electrons. The first-order valence-electron chi connectivity index (χ1n) is 18.3. The van der Waals surface area contributed by atoms with Gasteiger partial charge in [-0.05, 0) is 75.8 Å². The highest BCUT2D eigenvalue weighted by Gasteiger charge is 2.71. The Morgan fingerprint density at radius 2 is 1.51 bits per heavy atom. The number of amides is 4. The second-order valence-corrected chi connectivity index (χ2v) is 15.8. The normalized spacial score (nSPS) is 26.6. The Morgan fingerprint density at radius 3 is 2.17 bits per heavy atom. The van der Waals surface area contributed by atoms with Gasteiger partial charge in [-0.15, -0.1) is 0 Å². The summed E-state index contributed by atoms with van der Waals surface area (Å²) < 4.78 is 6.07. The third kappa shape index (κ3) is 5.43. The van der Waals surface area contributed by atoms with Gasteiger partial charge in [-0.2, -0.15) is 5.01 Å². The number of ether oxygens (including phenoxy) is 1. The number of aryl methyl sites for hydroxylation is 1. The molecule has 6 atom stereocenters. The number of fused-ring (bicyclic) bond motifs is 4. The number of nitrogens with one attached hydrogen (secondary N) is 1. The van der Waals surface area contributed by atoms with Gasteiger partial charge in [0.1, 0.15) is 18.1 Å². The molecule has 6 unspecified atom stereocenters. The summed E-state index contributed by atoms with van der Waals surface area (Å²) in [6.45, 7) is 7.81. The number of imide groups is 2. The van der Waals surface area contributed by atoms with Gasteiger partial charge in [0.05, 0.1) is 28.9 Å². The Morgan fingerprint density at radius 1 is 0.830 bits per heavy atom. The predicted molar refractivity (Wildman–Crippen MR) is 199 cm³/mol. The number of carbonyl (C=O) groups excluding carboxylic acids is 4. The van der Waals surface area contributed by atoms with Crippen LogP contribution in [0.5, 0.6) is 11.5 Å². The number of hydrazine groups is 1. The number of phenols is 1. The third-order valence-electron chi connectivity index (χ3n) is 11.6. The van der Waals surface area contributed by atoms with E-state index in [2.05, 4.69) is 5.43 Å². The Hall–Kier alpha value is -5.70. The lowest BCUT2D eigenvalue weighted by atomic mass is 9.49. The van der Waals surface area contributed by atoms with Gasteiger partial charge < -0.3 is 9.84 Å². The number of carbonyl (C=O) groups is 4. The monoisotopic (exact) mass is 709 g/mol. The van der Waals surface area contributed by atoms with Crippen molar-refractivity contribution in [3.8, 4) is 11.5 Å². The van der Waals surface area contributed by atoms with Crippen molar-refractivity contribution in [2.24, 2.45) is 23.7 Å². The molecule has 0 spiro atoms. The number of rotatable bonds is 7. The van der Waals surface area contributed by atoms with Gasteiger partial charge in [0.25, 0.3) is 11.8 Å². The Balaban J connectivity index is 1.29. The summed E-state index contributed by atoms with van der Waals surface area (Å²) in [6.07, 6.45) is 2.50. The second kappa shape index (κ2) is 12.8. The summed E-state index contributed by atoms with van der Waals surface area (Å²) in [5, 5.41) is 13.1. The first-order chi connectivity index (χ1) is 25.4. The molecule has 4 aromatic carbocycles. The van der Waals surface area contributed by atoms with Gasteiger partial charge in [0.15, 0.2) is 0 Å². The third-order valence-corrected chi connectivity index (χ3v) is 11.6. The smallest absolute Gasteiger partial charge is 0.260 e. The molecule has 9 nitrogen and oxygen atoms in total. The molecule has 9 heteroatoms. The maximum Gasteiger partial charge on any atom is 0.260 e. The number of anilines is 1. The van der Waals surface area contributed by atoms with E-state index in [1.165, 1.54) is 4.90 Å². The van der Waals surface area contributed by atoms with E-state index in [0.29, 0.717) is 35.6 Å². The molecular weight excluding hydrogens is 666 g/mol. The van der Waals surface area contributed by atoms with Gasteiger partial charge in [-0.25, -0.2) is 0 Å². The molecule has 2 aliphatic carbocycles. The molecule has 2 aliphatic heterocycles. The molecule has 2 N–H and O–H groups in total. The SMILES string of the molecule is Cc1ccc(NN2C(=O)C3CC4C(=CCC5C(=O)N(C(C)(C)C)C(=O)C54)C(c4ccc(OCc5ccccc5)cc4O)C3(c3ccccc3)C2=O)cc1. The highest BCUT2D eigenvalue weighted by molar-refractivity contribution is 6.13. The summed E-state index contributed by atoms with van der Waals surface area (Å²) in [6, 6.07) is 31.6. The standard InChI is InChI=1S/C44H43N3O6/c1-26-15-17-29(18-16-26)45-47-40(50)35-24-34-31(21-22-33-37(34)41(51)46(39(33)49)43(2,3)4)38(44(35,42(47)52)28-13-9-6-10-14-28)32-20-19-30(23-36(32)48)53-25-27-11-7-5-8-12-27/h5-21,23,33-35,37-38,45,48H,22,24-25H2,1-4H3. The zero-order valence-electron chi connectivity index (χ0n) is 30.3. The van der Waals surface area contributed by atoms with Crippen LogP contribution in [-0.2, 0) is 31.2 Å². The molecule has 2 saturated heterocycles. The van der Waals surface area contributed by atoms with Crippen molar-refractivity contribution in [3.05, 3.63) is 137 Å². The molecule has 4 aromatic rings. The van der Waals surface area contributed by atoms with Crippen LogP contribution in [0, 0.1) is 30.6 Å². The molecule has 1 saturated carbocycles. The van der Waals surface area contributed by atoms with Crippen molar-refractivity contribution in [1.82, 2.24) is 9.91 Å². The van der Waals surface area contributed by atoms with Crippen LogP contribution in [0.2, 0.25) is 0 Å². The summed E-state index contributed by atoms with van der Waals surface area (Å²) in [5.74, 6) is -4.52. The molecule has 3 fully saturated rings. The highest BCUT2D eigenvalue weighted by Crippen LogP contribution is 2.65. The first-order valence-corrected chi connectivity index (χ1v) is 18.3. The van der Waals surface area contributed by atoms with Crippen molar-refractivity contribution in [2.45, 2.75) is 64.0 Å². The fourth-order valence-corrected chi connectivity index (χ4v) is 9.35. The van der Waals surface area contributed by atoms with Gasteiger partial charge in [0.2, 0.25) is 11.8 Å². The van der Waals surface area contributed by atoms with Gasteiger partial charge in [-0.1, -0.05) is 96.1 Å². The van der Waals surface area contributed by atoms with E-state index in [0.717, 1.165) is 21.7 Å². The van der Waals surface area contributed by atoms with Crippen LogP contribution in [0.3, 0.4) is 0 Å². The van der Waals surface area contributed by atoms with Crippen molar-refractivity contribution in [2.75, 3.05) is 5.43 Å². The van der Waals surface area contributed by atoms with Crippen LogP contribution >= 0.6 is 0 Å². The zero-order chi connectivity index (χ0) is 37.2. The Labute approximate surface area is 309 Å². The molecule has 53 heavy (non-hydrogen) atoms. The van der Waals surface area contributed by atoms with E-state index in [1.54, 1.807) is 18.2 Å². The van der Waals surface area contributed by atoms with Crippen LogP contribution in [0.15, 0.2) is 115 Å². The maximum absolute atomic E-state index is 15.3. The summed E-state index contributed by atoms with van der Waals surface area (Å²) >= 11 is 0. The van der Waals surface area contributed by atoms with Crippen LogP contribution in [-0.4, -0.2) is 44.2 Å². The lowest BCUT2D eigenvalue weighted by molar-refractivity contribution is -0.146. The van der Waals surface area contributed by atoms with E-state index in [4.69, 9.17) is 4.74 Å². The number of allylic oxidation sites excluding steroid dienone is 2. The number of aromatic hydroxyl groups is 1. The van der Waals surface area contributed by atoms with Crippen molar-refractivity contribution in [1.29, 1.82) is 0 Å². The maximum atomic E-state index is 15.3. The average molecular weight is 710 g/mol. The van der Waals surface area contributed by atoms with Gasteiger partial charge in [0, 0.05) is 23.1 Å². The second-order valence-electron chi connectivity index (χ2n) is 15.8. The van der Waals surface area contributed by atoms with E-state index >= 15 is 4.79 Å². The van der Waals surface area contributed by atoms with E-state index in [1.807, 2.05) is 119 Å². The highest BCUT2D eigenvalue weighted by atomic mass is 16.5. The van der Waals surface area contributed by atoms with Crippen LogP contribution in [0.1, 0.15) is 61.8 Å². The molecule has 4 amide bonds. The summed E-state index contributed by atoms with van der Waals surface area (Å²) in [7, 11) is 0. The van der Waals surface area contributed by atoms with Gasteiger partial charge in [-0.3, -0.25) is 29.5 Å². The quantitative estimate of drug-likeness (QED) is 0.156. The minimum atomic E-state index is -1.48. The summed E-state index contributed by atoms with van der Waals surface area (Å²) in [5.41, 5.74) is 5.36. The molecule has 0 aromatic heterocycles. The first kappa shape index (κ1) is 34.4. The number of benzene rings is 4. The van der Waals surface area contributed by atoms with E-state index in [-0.39, 0.29) is 24.0 Å². The van der Waals surface area contributed by atoms with E-state index < -0.39 is 52.4 Å². The molecular formula is C44H43N3O6. The summed E-state index contributed by atoms with van der Waals surface area (Å²) in [4.78, 5) is 59.8. The number of hydrogen-bond acceptors (Lipinski definition) is 7. The predicted octanol–water partition coefficient (Wildman–Crippen LogP) is 7.06. The fourth-order valence-electron chi connectivity index (χ4n) is 9.35. The average Bonchev–Trinajstić information content (AvgIpc) is 3.53. The van der Waals surface area contributed by atoms with Crippen LogP contribution in [0.25, 0.3) is 0 Å². The molecule has 8 rings (SSSR count). The molecule has 4 aliphatic rings. The van der Waals surface area contributed by atoms with Gasteiger partial charge >= 0.3 is 0 Å². The fraction of sp³-hybridized carbons (Fsp3) is 0.318.